The van der Waals surface area contributed by atoms with Gasteiger partial charge in [0.25, 0.3) is 0 Å². The predicted octanol–water partition coefficient (Wildman–Crippen LogP) is 4.17. The summed E-state index contributed by atoms with van der Waals surface area (Å²) in [5, 5.41) is 0.472. The summed E-state index contributed by atoms with van der Waals surface area (Å²) in [6.45, 7) is 1.78. The molecule has 0 aliphatic heterocycles. The van der Waals surface area contributed by atoms with Crippen LogP contribution in [0.4, 0.5) is 8.78 Å². The molecule has 0 saturated carbocycles. The summed E-state index contributed by atoms with van der Waals surface area (Å²) in [7, 11) is 0. The number of rotatable bonds is 3. The SMILES string of the molecule is Cc1cc(F)ccc1C(N)Cc1cc(Cl)ccc1F. The highest BCUT2D eigenvalue weighted by molar-refractivity contribution is 6.30. The van der Waals surface area contributed by atoms with Gasteiger partial charge in [-0.25, -0.2) is 8.78 Å². The van der Waals surface area contributed by atoms with Crippen LogP contribution in [0.1, 0.15) is 22.7 Å². The van der Waals surface area contributed by atoms with Gasteiger partial charge in [-0.2, -0.15) is 0 Å². The van der Waals surface area contributed by atoms with E-state index in [1.54, 1.807) is 19.1 Å². The van der Waals surface area contributed by atoms with Crippen molar-refractivity contribution in [3.05, 3.63) is 69.7 Å². The maximum Gasteiger partial charge on any atom is 0.126 e. The largest absolute Gasteiger partial charge is 0.324 e. The first kappa shape index (κ1) is 14.0. The molecule has 1 atom stereocenters. The molecule has 0 radical (unpaired) electrons. The van der Waals surface area contributed by atoms with Gasteiger partial charge in [-0.1, -0.05) is 17.7 Å². The van der Waals surface area contributed by atoms with Crippen LogP contribution in [0.15, 0.2) is 36.4 Å². The van der Waals surface area contributed by atoms with Gasteiger partial charge in [0.1, 0.15) is 11.6 Å². The van der Waals surface area contributed by atoms with E-state index in [-0.39, 0.29) is 11.6 Å². The molecule has 0 bridgehead atoms. The molecular weight excluding hydrogens is 268 g/mol. The highest BCUT2D eigenvalue weighted by Crippen LogP contribution is 2.23. The second-order valence-electron chi connectivity index (χ2n) is 4.55. The minimum Gasteiger partial charge on any atom is -0.324 e. The molecular formula is C15H14ClF2N. The lowest BCUT2D eigenvalue weighted by Crippen LogP contribution is -2.15. The fourth-order valence-corrected chi connectivity index (χ4v) is 2.30. The van der Waals surface area contributed by atoms with Crippen LogP contribution in [0, 0.1) is 18.6 Å². The number of hydrogen-bond donors (Lipinski definition) is 1. The lowest BCUT2D eigenvalue weighted by Gasteiger charge is -2.15. The molecule has 2 aromatic rings. The Morgan fingerprint density at radius 1 is 1.16 bits per heavy atom. The van der Waals surface area contributed by atoms with Crippen molar-refractivity contribution < 1.29 is 8.78 Å². The van der Waals surface area contributed by atoms with Crippen LogP contribution in [-0.2, 0) is 6.42 Å². The molecule has 19 heavy (non-hydrogen) atoms. The van der Waals surface area contributed by atoms with Gasteiger partial charge >= 0.3 is 0 Å². The van der Waals surface area contributed by atoms with Gasteiger partial charge in [0.15, 0.2) is 0 Å². The first-order valence-electron chi connectivity index (χ1n) is 5.93. The Balaban J connectivity index is 2.25. The monoisotopic (exact) mass is 281 g/mol. The van der Waals surface area contributed by atoms with E-state index in [9.17, 15) is 8.78 Å². The summed E-state index contributed by atoms with van der Waals surface area (Å²) in [5.41, 5.74) is 8.09. The quantitative estimate of drug-likeness (QED) is 0.898. The van der Waals surface area contributed by atoms with Crippen molar-refractivity contribution >= 4 is 11.6 Å². The Hall–Kier alpha value is -1.45. The van der Waals surface area contributed by atoms with Crippen LogP contribution < -0.4 is 5.73 Å². The standard InChI is InChI=1S/C15H14ClF2N/c1-9-6-12(17)3-4-13(9)15(19)8-10-7-11(16)2-5-14(10)18/h2-7,15H,8,19H2,1H3. The van der Waals surface area contributed by atoms with Gasteiger partial charge in [-0.3, -0.25) is 0 Å². The number of halogens is 3. The van der Waals surface area contributed by atoms with Crippen LogP contribution in [0.25, 0.3) is 0 Å². The Labute approximate surface area is 116 Å². The first-order valence-corrected chi connectivity index (χ1v) is 6.30. The molecule has 0 fully saturated rings. The number of nitrogens with two attached hydrogens (primary N) is 1. The third kappa shape index (κ3) is 3.31. The zero-order valence-electron chi connectivity index (χ0n) is 10.5. The van der Waals surface area contributed by atoms with Crippen molar-refractivity contribution in [3.8, 4) is 0 Å². The van der Waals surface area contributed by atoms with Crippen LogP contribution in [0.2, 0.25) is 5.02 Å². The lowest BCUT2D eigenvalue weighted by molar-refractivity contribution is 0.591. The Morgan fingerprint density at radius 3 is 2.58 bits per heavy atom. The summed E-state index contributed by atoms with van der Waals surface area (Å²) >= 11 is 5.84. The highest BCUT2D eigenvalue weighted by Gasteiger charge is 2.13. The fraction of sp³-hybridized carbons (Fsp3) is 0.200. The van der Waals surface area contributed by atoms with E-state index in [2.05, 4.69) is 0 Å². The third-order valence-corrected chi connectivity index (χ3v) is 3.31. The molecule has 0 amide bonds. The smallest absolute Gasteiger partial charge is 0.126 e. The molecule has 0 heterocycles. The third-order valence-electron chi connectivity index (χ3n) is 3.08. The van der Waals surface area contributed by atoms with Gasteiger partial charge in [0.05, 0.1) is 0 Å². The minimum absolute atomic E-state index is 0.303. The van der Waals surface area contributed by atoms with E-state index in [4.69, 9.17) is 17.3 Å². The molecule has 0 aromatic heterocycles. The molecule has 2 aromatic carbocycles. The molecule has 2 rings (SSSR count). The van der Waals surface area contributed by atoms with Crippen LogP contribution >= 0.6 is 11.6 Å². The summed E-state index contributed by atoms with van der Waals surface area (Å²) < 4.78 is 26.7. The fourth-order valence-electron chi connectivity index (χ4n) is 2.10. The summed E-state index contributed by atoms with van der Waals surface area (Å²) in [4.78, 5) is 0. The second kappa shape index (κ2) is 5.68. The van der Waals surface area contributed by atoms with E-state index in [1.807, 2.05) is 0 Å². The van der Waals surface area contributed by atoms with Crippen LogP contribution in [0.3, 0.4) is 0 Å². The van der Waals surface area contributed by atoms with E-state index in [0.29, 0.717) is 17.0 Å². The molecule has 100 valence electrons. The van der Waals surface area contributed by atoms with Gasteiger partial charge < -0.3 is 5.73 Å². The molecule has 1 nitrogen and oxygen atoms in total. The average Bonchev–Trinajstić information content (AvgIpc) is 2.33. The van der Waals surface area contributed by atoms with Gasteiger partial charge in [0, 0.05) is 11.1 Å². The summed E-state index contributed by atoms with van der Waals surface area (Å²) in [6, 6.07) is 8.40. The zero-order valence-corrected chi connectivity index (χ0v) is 11.2. The van der Waals surface area contributed by atoms with E-state index in [0.717, 1.165) is 11.1 Å². The molecule has 0 saturated heterocycles. The predicted molar refractivity (Wildman–Crippen MR) is 73.2 cm³/mol. The number of benzene rings is 2. The van der Waals surface area contributed by atoms with Gasteiger partial charge in [-0.15, -0.1) is 0 Å². The Morgan fingerprint density at radius 2 is 1.89 bits per heavy atom. The van der Waals surface area contributed by atoms with Crippen molar-refractivity contribution in [1.29, 1.82) is 0 Å². The van der Waals surface area contributed by atoms with Gasteiger partial charge in [0.2, 0.25) is 0 Å². The number of aryl methyl sites for hydroxylation is 1. The first-order chi connectivity index (χ1) is 8.97. The van der Waals surface area contributed by atoms with E-state index >= 15 is 0 Å². The molecule has 2 N–H and O–H groups in total. The van der Waals surface area contributed by atoms with Crippen LogP contribution in [0.5, 0.6) is 0 Å². The van der Waals surface area contributed by atoms with E-state index in [1.165, 1.54) is 24.3 Å². The minimum atomic E-state index is -0.395. The lowest BCUT2D eigenvalue weighted by atomic mass is 9.96. The van der Waals surface area contributed by atoms with Crippen molar-refractivity contribution in [2.45, 2.75) is 19.4 Å². The molecule has 1 unspecified atom stereocenters. The number of hydrogen-bond acceptors (Lipinski definition) is 1. The molecule has 0 aliphatic rings. The summed E-state index contributed by atoms with van der Waals surface area (Å²) in [5.74, 6) is -0.637. The van der Waals surface area contributed by atoms with Crippen molar-refractivity contribution in [2.75, 3.05) is 0 Å². The normalized spacial score (nSPS) is 12.5. The van der Waals surface area contributed by atoms with Crippen molar-refractivity contribution in [1.82, 2.24) is 0 Å². The molecule has 4 heteroatoms. The van der Waals surface area contributed by atoms with Crippen molar-refractivity contribution in [3.63, 3.8) is 0 Å². The maximum absolute atomic E-state index is 13.6. The molecule has 0 spiro atoms. The Kier molecular flexibility index (Phi) is 4.17. The second-order valence-corrected chi connectivity index (χ2v) is 4.98. The molecule has 0 aliphatic carbocycles. The Bertz CT molecular complexity index is 599. The van der Waals surface area contributed by atoms with Crippen molar-refractivity contribution in [2.24, 2.45) is 5.73 Å². The maximum atomic E-state index is 13.6. The van der Waals surface area contributed by atoms with E-state index < -0.39 is 6.04 Å². The van der Waals surface area contributed by atoms with Crippen LogP contribution in [-0.4, -0.2) is 0 Å². The zero-order chi connectivity index (χ0) is 14.0. The average molecular weight is 282 g/mol. The highest BCUT2D eigenvalue weighted by atomic mass is 35.5. The summed E-state index contributed by atoms with van der Waals surface area (Å²) in [6.07, 6.45) is 0.318. The van der Waals surface area contributed by atoms with Gasteiger partial charge in [-0.05, 0) is 60.4 Å². The topological polar surface area (TPSA) is 26.0 Å².